The van der Waals surface area contributed by atoms with Gasteiger partial charge in [0.25, 0.3) is 5.91 Å². The van der Waals surface area contributed by atoms with E-state index in [0.717, 1.165) is 22.4 Å². The van der Waals surface area contributed by atoms with Crippen molar-refractivity contribution in [3.05, 3.63) is 88.4 Å². The van der Waals surface area contributed by atoms with Gasteiger partial charge in [0.05, 0.1) is 12.6 Å². The Kier molecular flexibility index (Phi) is 7.14. The molecule has 1 amide bonds. The molecule has 0 unspecified atom stereocenters. The Morgan fingerprint density at radius 2 is 1.77 bits per heavy atom. The quantitative estimate of drug-likeness (QED) is 0.464. The minimum atomic E-state index is -0.517. The number of rotatable bonds is 7. The predicted molar refractivity (Wildman–Crippen MR) is 124 cm³/mol. The third kappa shape index (κ3) is 5.41. The van der Waals surface area contributed by atoms with E-state index < -0.39 is 6.04 Å². The van der Waals surface area contributed by atoms with Crippen LogP contribution in [0.15, 0.2) is 66.7 Å². The molecule has 5 heteroatoms. The normalized spacial score (nSPS) is 11.9. The molecule has 0 spiro atoms. The molecule has 0 heterocycles. The molecule has 0 aliphatic rings. The van der Waals surface area contributed by atoms with Gasteiger partial charge < -0.3 is 15.7 Å². The molecule has 3 N–H and O–H groups in total. The highest BCUT2D eigenvalue weighted by Gasteiger charge is 2.15. The molecule has 0 aromatic heterocycles. The van der Waals surface area contributed by atoms with E-state index >= 15 is 0 Å². The smallest absolute Gasteiger partial charge is 0.251 e. The third-order valence-electron chi connectivity index (χ3n) is 4.89. The monoisotopic (exact) mass is 422 g/mol. The minimum absolute atomic E-state index is 0.209. The summed E-state index contributed by atoms with van der Waals surface area (Å²) >= 11 is 6.03. The van der Waals surface area contributed by atoms with Crippen LogP contribution in [0, 0.1) is 6.92 Å². The van der Waals surface area contributed by atoms with Crippen molar-refractivity contribution in [2.75, 3.05) is 11.9 Å². The summed E-state index contributed by atoms with van der Waals surface area (Å²) in [4.78, 5) is 12.7. The van der Waals surface area contributed by atoms with Crippen molar-refractivity contribution < 1.29 is 9.90 Å². The number of benzene rings is 3. The Labute approximate surface area is 182 Å². The lowest BCUT2D eigenvalue weighted by atomic mass is 9.98. The molecule has 0 saturated heterocycles. The molecule has 3 aromatic rings. The van der Waals surface area contributed by atoms with Crippen LogP contribution in [0.2, 0.25) is 5.02 Å². The fraction of sp³-hybridized carbons (Fsp3) is 0.240. The Hall–Kier alpha value is -2.82. The number of aliphatic hydroxyl groups is 1. The van der Waals surface area contributed by atoms with Crippen LogP contribution in [-0.2, 0) is 0 Å². The summed E-state index contributed by atoms with van der Waals surface area (Å²) in [6.07, 6.45) is 0. The van der Waals surface area contributed by atoms with E-state index in [4.69, 9.17) is 11.6 Å². The van der Waals surface area contributed by atoms with Crippen LogP contribution in [0.5, 0.6) is 0 Å². The average molecular weight is 423 g/mol. The molecule has 3 aromatic carbocycles. The fourth-order valence-corrected chi connectivity index (χ4v) is 3.56. The maximum Gasteiger partial charge on any atom is 0.251 e. The topological polar surface area (TPSA) is 61.4 Å². The molecule has 0 bridgehead atoms. The van der Waals surface area contributed by atoms with E-state index in [1.165, 1.54) is 5.56 Å². The predicted octanol–water partition coefficient (Wildman–Crippen LogP) is 5.60. The second kappa shape index (κ2) is 9.79. The van der Waals surface area contributed by atoms with E-state index in [1.807, 2.05) is 18.2 Å². The molecule has 0 saturated carbocycles. The molecule has 0 radical (unpaired) electrons. The van der Waals surface area contributed by atoms with Crippen molar-refractivity contribution in [2.45, 2.75) is 32.9 Å². The van der Waals surface area contributed by atoms with Gasteiger partial charge in [-0.2, -0.15) is 0 Å². The number of hydrogen-bond donors (Lipinski definition) is 3. The maximum absolute atomic E-state index is 12.7. The highest BCUT2D eigenvalue weighted by atomic mass is 35.5. The Morgan fingerprint density at radius 1 is 1.03 bits per heavy atom. The summed E-state index contributed by atoms with van der Waals surface area (Å²) in [5, 5.41) is 16.6. The SMILES string of the molecule is Cc1ccc(NC(C)C)cc1-c1ccc(C(=O)N[C@H](CO)c2cccc(Cl)c2)cc1. The van der Waals surface area contributed by atoms with Crippen molar-refractivity contribution in [2.24, 2.45) is 0 Å². The summed E-state index contributed by atoms with van der Waals surface area (Å²) in [5.74, 6) is -0.243. The molecule has 1 atom stereocenters. The number of anilines is 1. The van der Waals surface area contributed by atoms with E-state index in [2.05, 4.69) is 49.6 Å². The Bertz CT molecular complexity index is 1020. The number of halogens is 1. The van der Waals surface area contributed by atoms with Gasteiger partial charge in [0.15, 0.2) is 0 Å². The first-order valence-electron chi connectivity index (χ1n) is 10.0. The maximum atomic E-state index is 12.7. The van der Waals surface area contributed by atoms with Crippen LogP contribution in [0.25, 0.3) is 11.1 Å². The number of amides is 1. The van der Waals surface area contributed by atoms with Gasteiger partial charge in [-0.15, -0.1) is 0 Å². The molecule has 156 valence electrons. The van der Waals surface area contributed by atoms with E-state index in [-0.39, 0.29) is 12.5 Å². The molecule has 4 nitrogen and oxygen atoms in total. The first-order valence-corrected chi connectivity index (χ1v) is 10.4. The molecule has 30 heavy (non-hydrogen) atoms. The zero-order valence-electron chi connectivity index (χ0n) is 17.4. The standard InChI is InChI=1S/C25H27ClN2O2/c1-16(2)27-22-12-7-17(3)23(14-22)18-8-10-19(11-9-18)25(30)28-24(15-29)20-5-4-6-21(26)13-20/h4-14,16,24,27,29H,15H2,1-3H3,(H,28,30)/t24-/m1/s1. The van der Waals surface area contributed by atoms with E-state index in [1.54, 1.807) is 30.3 Å². The van der Waals surface area contributed by atoms with Gasteiger partial charge in [-0.3, -0.25) is 4.79 Å². The summed E-state index contributed by atoms with van der Waals surface area (Å²) < 4.78 is 0. The van der Waals surface area contributed by atoms with Gasteiger partial charge >= 0.3 is 0 Å². The molecular formula is C25H27ClN2O2. The third-order valence-corrected chi connectivity index (χ3v) is 5.13. The van der Waals surface area contributed by atoms with Crippen molar-refractivity contribution in [3.63, 3.8) is 0 Å². The van der Waals surface area contributed by atoms with Crippen LogP contribution < -0.4 is 10.6 Å². The average Bonchev–Trinajstić information content (AvgIpc) is 2.73. The summed E-state index contributed by atoms with van der Waals surface area (Å²) in [6.45, 7) is 6.08. The van der Waals surface area contributed by atoms with Crippen LogP contribution in [0.3, 0.4) is 0 Å². The second-order valence-corrected chi connectivity index (χ2v) is 8.11. The summed E-state index contributed by atoms with van der Waals surface area (Å²) in [6, 6.07) is 20.8. The van der Waals surface area contributed by atoms with E-state index in [0.29, 0.717) is 16.6 Å². The molecule has 0 fully saturated rings. The van der Waals surface area contributed by atoms with Crippen LogP contribution in [0.1, 0.15) is 41.4 Å². The summed E-state index contributed by atoms with van der Waals surface area (Å²) in [5.41, 5.74) is 5.71. The first-order chi connectivity index (χ1) is 14.4. The van der Waals surface area contributed by atoms with Gasteiger partial charge in [0, 0.05) is 22.3 Å². The highest BCUT2D eigenvalue weighted by Crippen LogP contribution is 2.27. The van der Waals surface area contributed by atoms with Crippen LogP contribution in [0.4, 0.5) is 5.69 Å². The molecule has 0 aliphatic heterocycles. The molecule has 3 rings (SSSR count). The second-order valence-electron chi connectivity index (χ2n) is 7.67. The van der Waals surface area contributed by atoms with Crippen molar-refractivity contribution >= 4 is 23.2 Å². The van der Waals surface area contributed by atoms with Gasteiger partial charge in [-0.05, 0) is 79.4 Å². The Balaban J connectivity index is 1.77. The van der Waals surface area contributed by atoms with Gasteiger partial charge in [-0.1, -0.05) is 41.9 Å². The number of aryl methyl sites for hydroxylation is 1. The zero-order valence-corrected chi connectivity index (χ0v) is 18.2. The molecular weight excluding hydrogens is 396 g/mol. The molecule has 0 aliphatic carbocycles. The highest BCUT2D eigenvalue weighted by molar-refractivity contribution is 6.30. The lowest BCUT2D eigenvalue weighted by Gasteiger charge is -2.17. The van der Waals surface area contributed by atoms with Gasteiger partial charge in [-0.25, -0.2) is 0 Å². The number of aliphatic hydroxyl groups excluding tert-OH is 1. The van der Waals surface area contributed by atoms with Crippen LogP contribution >= 0.6 is 11.6 Å². The zero-order chi connectivity index (χ0) is 21.7. The summed E-state index contributed by atoms with van der Waals surface area (Å²) in [7, 11) is 0. The van der Waals surface area contributed by atoms with Crippen LogP contribution in [-0.4, -0.2) is 23.7 Å². The number of nitrogens with one attached hydrogen (secondary N) is 2. The first kappa shape index (κ1) is 21.9. The number of carbonyl (C=O) groups excluding carboxylic acids is 1. The van der Waals surface area contributed by atoms with Gasteiger partial charge in [0.1, 0.15) is 0 Å². The van der Waals surface area contributed by atoms with E-state index in [9.17, 15) is 9.90 Å². The lowest BCUT2D eigenvalue weighted by molar-refractivity contribution is 0.0916. The largest absolute Gasteiger partial charge is 0.394 e. The fourth-order valence-electron chi connectivity index (χ4n) is 3.36. The lowest BCUT2D eigenvalue weighted by Crippen LogP contribution is -2.30. The Morgan fingerprint density at radius 3 is 2.40 bits per heavy atom. The van der Waals surface area contributed by atoms with Crippen molar-refractivity contribution in [1.29, 1.82) is 0 Å². The minimum Gasteiger partial charge on any atom is -0.394 e. The van der Waals surface area contributed by atoms with Gasteiger partial charge in [0.2, 0.25) is 0 Å². The number of carbonyl (C=O) groups is 1. The van der Waals surface area contributed by atoms with Crippen molar-refractivity contribution in [3.8, 4) is 11.1 Å². The number of hydrogen-bond acceptors (Lipinski definition) is 3. The van der Waals surface area contributed by atoms with Crippen molar-refractivity contribution in [1.82, 2.24) is 5.32 Å².